The van der Waals surface area contributed by atoms with E-state index in [1.807, 2.05) is 36.7 Å². The van der Waals surface area contributed by atoms with Gasteiger partial charge in [-0.2, -0.15) is 0 Å². The highest BCUT2D eigenvalue weighted by molar-refractivity contribution is 5.80. The van der Waals surface area contributed by atoms with Crippen LogP contribution >= 0.6 is 0 Å². The van der Waals surface area contributed by atoms with Gasteiger partial charge in [-0.05, 0) is 25.0 Å². The molecule has 3 nitrogen and oxygen atoms in total. The maximum absolute atomic E-state index is 4.54. The number of rotatable bonds is 1. The summed E-state index contributed by atoms with van der Waals surface area (Å²) < 4.78 is 0. The second-order valence-electron chi connectivity index (χ2n) is 3.63. The zero-order valence-electron chi connectivity index (χ0n) is 8.27. The molecular weight excluding hydrogens is 186 g/mol. The predicted molar refractivity (Wildman–Crippen MR) is 61.8 cm³/mol. The quantitative estimate of drug-likeness (QED) is 0.750. The average molecular weight is 197 g/mol. The third-order valence-corrected chi connectivity index (χ3v) is 2.57. The summed E-state index contributed by atoms with van der Waals surface area (Å²) in [5.41, 5.74) is 3.29. The van der Waals surface area contributed by atoms with Crippen molar-refractivity contribution in [3.8, 4) is 0 Å². The molecule has 1 aliphatic rings. The predicted octanol–water partition coefficient (Wildman–Crippen LogP) is 2.77. The molecule has 0 aliphatic carbocycles. The number of hydrogen-bond acceptors (Lipinski definition) is 2. The first-order valence-corrected chi connectivity index (χ1v) is 5.09. The number of imidazole rings is 1. The van der Waals surface area contributed by atoms with E-state index in [4.69, 9.17) is 0 Å². The number of fused-ring (bicyclic) bond motifs is 1. The lowest BCUT2D eigenvalue weighted by Gasteiger charge is -2.03. The van der Waals surface area contributed by atoms with Gasteiger partial charge < -0.3 is 4.98 Å². The van der Waals surface area contributed by atoms with E-state index in [0.717, 1.165) is 29.7 Å². The number of hydrogen-bond donors (Lipinski definition) is 1. The Morgan fingerprint density at radius 2 is 2.13 bits per heavy atom. The first-order valence-electron chi connectivity index (χ1n) is 5.09. The summed E-state index contributed by atoms with van der Waals surface area (Å²) in [6.45, 7) is 0. The summed E-state index contributed by atoms with van der Waals surface area (Å²) in [5.74, 6) is 0.952. The molecule has 0 saturated heterocycles. The van der Waals surface area contributed by atoms with Crippen molar-refractivity contribution in [1.29, 1.82) is 0 Å². The Kier molecular flexibility index (Phi) is 1.88. The lowest BCUT2D eigenvalue weighted by molar-refractivity contribution is 1.07. The zero-order chi connectivity index (χ0) is 10.1. The van der Waals surface area contributed by atoms with Crippen LogP contribution in [0.25, 0.3) is 16.6 Å². The summed E-state index contributed by atoms with van der Waals surface area (Å²) in [4.78, 5) is 12.0. The van der Waals surface area contributed by atoms with Gasteiger partial charge in [-0.1, -0.05) is 12.1 Å². The number of nitrogens with zero attached hydrogens (tertiary/aromatic N) is 2. The van der Waals surface area contributed by atoms with E-state index in [-0.39, 0.29) is 0 Å². The van der Waals surface area contributed by atoms with E-state index in [1.165, 1.54) is 5.57 Å². The van der Waals surface area contributed by atoms with Crippen LogP contribution in [0.4, 0.5) is 0 Å². The summed E-state index contributed by atoms with van der Waals surface area (Å²) >= 11 is 0. The second kappa shape index (κ2) is 3.35. The molecule has 15 heavy (non-hydrogen) atoms. The maximum atomic E-state index is 4.54. The number of para-hydroxylation sites is 2. The van der Waals surface area contributed by atoms with E-state index < -0.39 is 0 Å². The zero-order valence-corrected chi connectivity index (χ0v) is 8.27. The number of aromatic amines is 1. The van der Waals surface area contributed by atoms with Crippen LogP contribution in [0.2, 0.25) is 0 Å². The van der Waals surface area contributed by atoms with E-state index in [9.17, 15) is 0 Å². The van der Waals surface area contributed by atoms with Crippen molar-refractivity contribution >= 4 is 22.8 Å². The summed E-state index contributed by atoms with van der Waals surface area (Å²) in [7, 11) is 0. The average Bonchev–Trinajstić information content (AvgIpc) is 2.74. The van der Waals surface area contributed by atoms with Crippen LogP contribution in [0.1, 0.15) is 18.7 Å². The SMILES string of the molecule is C1=NC=C(c2nc3ccccc3[nH]2)CC1. The molecule has 1 aromatic heterocycles. The van der Waals surface area contributed by atoms with E-state index in [0.29, 0.717) is 0 Å². The first kappa shape index (κ1) is 8.41. The molecule has 0 radical (unpaired) electrons. The molecule has 0 atom stereocenters. The van der Waals surface area contributed by atoms with Crippen LogP contribution < -0.4 is 0 Å². The molecule has 0 unspecified atom stereocenters. The second-order valence-corrected chi connectivity index (χ2v) is 3.63. The fraction of sp³-hybridized carbons (Fsp3) is 0.167. The Balaban J connectivity index is 2.11. The molecule has 0 saturated carbocycles. The molecule has 74 valence electrons. The minimum atomic E-state index is 0.952. The fourth-order valence-electron chi connectivity index (χ4n) is 1.79. The molecule has 1 aromatic carbocycles. The van der Waals surface area contributed by atoms with Crippen LogP contribution in [0.15, 0.2) is 35.5 Å². The van der Waals surface area contributed by atoms with E-state index in [1.54, 1.807) is 0 Å². The Labute approximate surface area is 87.6 Å². The van der Waals surface area contributed by atoms with Crippen molar-refractivity contribution in [1.82, 2.24) is 9.97 Å². The molecule has 3 rings (SSSR count). The Morgan fingerprint density at radius 1 is 1.20 bits per heavy atom. The Morgan fingerprint density at radius 3 is 2.93 bits per heavy atom. The lowest BCUT2D eigenvalue weighted by atomic mass is 10.1. The van der Waals surface area contributed by atoms with Gasteiger partial charge in [0, 0.05) is 18.0 Å². The van der Waals surface area contributed by atoms with Gasteiger partial charge in [0.15, 0.2) is 0 Å². The van der Waals surface area contributed by atoms with E-state index in [2.05, 4.69) is 15.0 Å². The number of allylic oxidation sites excluding steroid dienone is 1. The first-order chi connectivity index (χ1) is 7.43. The maximum Gasteiger partial charge on any atom is 0.135 e. The molecule has 0 amide bonds. The topological polar surface area (TPSA) is 41.0 Å². The van der Waals surface area contributed by atoms with Crippen molar-refractivity contribution < 1.29 is 0 Å². The van der Waals surface area contributed by atoms with Crippen molar-refractivity contribution in [2.75, 3.05) is 0 Å². The highest BCUT2D eigenvalue weighted by Gasteiger charge is 2.08. The van der Waals surface area contributed by atoms with Crippen LogP contribution in [0.5, 0.6) is 0 Å². The molecule has 2 heterocycles. The highest BCUT2D eigenvalue weighted by Crippen LogP contribution is 2.22. The van der Waals surface area contributed by atoms with Crippen LogP contribution in [-0.2, 0) is 0 Å². The van der Waals surface area contributed by atoms with Crippen molar-refractivity contribution in [2.45, 2.75) is 12.8 Å². The number of aliphatic imine (C=N–C) groups is 1. The van der Waals surface area contributed by atoms with Crippen molar-refractivity contribution in [3.63, 3.8) is 0 Å². The van der Waals surface area contributed by atoms with Gasteiger partial charge in [0.2, 0.25) is 0 Å². The number of nitrogens with one attached hydrogen (secondary N) is 1. The smallest absolute Gasteiger partial charge is 0.135 e. The van der Waals surface area contributed by atoms with Gasteiger partial charge in [-0.25, -0.2) is 4.98 Å². The third kappa shape index (κ3) is 1.46. The molecule has 0 bridgehead atoms. The Bertz CT molecular complexity index is 516. The molecule has 2 aromatic rings. The minimum Gasteiger partial charge on any atom is -0.338 e. The third-order valence-electron chi connectivity index (χ3n) is 2.57. The monoisotopic (exact) mass is 197 g/mol. The van der Waals surface area contributed by atoms with Gasteiger partial charge in [0.1, 0.15) is 5.82 Å². The Hall–Kier alpha value is -1.90. The normalized spacial score (nSPS) is 15.6. The fourth-order valence-corrected chi connectivity index (χ4v) is 1.79. The van der Waals surface area contributed by atoms with E-state index >= 15 is 0 Å². The van der Waals surface area contributed by atoms with Crippen LogP contribution in [0, 0.1) is 0 Å². The minimum absolute atomic E-state index is 0.952. The summed E-state index contributed by atoms with van der Waals surface area (Å²) in [5, 5.41) is 0. The molecule has 1 N–H and O–H groups in total. The van der Waals surface area contributed by atoms with Crippen LogP contribution in [-0.4, -0.2) is 16.2 Å². The number of benzene rings is 1. The van der Waals surface area contributed by atoms with Crippen molar-refractivity contribution in [2.24, 2.45) is 4.99 Å². The molecule has 0 fully saturated rings. The molecule has 1 aliphatic heterocycles. The van der Waals surface area contributed by atoms with Gasteiger partial charge in [0.05, 0.1) is 11.0 Å². The van der Waals surface area contributed by atoms with Gasteiger partial charge in [0.25, 0.3) is 0 Å². The standard InChI is InChI=1S/C12H11N3/c1-2-6-11-10(5-1)14-12(15-11)9-4-3-7-13-8-9/h1-2,5-8H,3-4H2,(H,14,15). The summed E-state index contributed by atoms with van der Waals surface area (Å²) in [6, 6.07) is 8.07. The van der Waals surface area contributed by atoms with Gasteiger partial charge >= 0.3 is 0 Å². The van der Waals surface area contributed by atoms with Gasteiger partial charge in [-0.15, -0.1) is 0 Å². The largest absolute Gasteiger partial charge is 0.338 e. The number of H-pyrrole nitrogens is 1. The summed E-state index contributed by atoms with van der Waals surface area (Å²) in [6.07, 6.45) is 5.85. The molecule has 0 spiro atoms. The molecule has 3 heteroatoms. The van der Waals surface area contributed by atoms with Crippen molar-refractivity contribution in [3.05, 3.63) is 36.3 Å². The molecular formula is C12H11N3. The van der Waals surface area contributed by atoms with Gasteiger partial charge in [-0.3, -0.25) is 4.99 Å². The highest BCUT2D eigenvalue weighted by atomic mass is 14.9. The lowest BCUT2D eigenvalue weighted by Crippen LogP contribution is -1.92. The van der Waals surface area contributed by atoms with Crippen LogP contribution in [0.3, 0.4) is 0 Å². The number of aromatic nitrogens is 2.